The first-order valence-corrected chi connectivity index (χ1v) is 7.35. The van der Waals surface area contributed by atoms with Gasteiger partial charge in [0.15, 0.2) is 6.61 Å². The largest absolute Gasteiger partial charge is 0.545 e. The fourth-order valence-electron chi connectivity index (χ4n) is 1.60. The number of nitrogens with one attached hydrogen (secondary N) is 1. The molecule has 0 fully saturated rings. The number of nitrogens with zero attached hydrogens (tertiary/aromatic N) is 1. The third kappa shape index (κ3) is 5.55. The molecule has 0 unspecified atom stereocenters. The van der Waals surface area contributed by atoms with Gasteiger partial charge in [-0.05, 0) is 35.4 Å². The number of rotatable bonds is 6. The lowest BCUT2D eigenvalue weighted by atomic mass is 10.1. The Hall–Kier alpha value is -2.67. The number of hydrazone groups is 1. The minimum absolute atomic E-state index is 0.0779. The average molecular weight is 376 g/mol. The Labute approximate surface area is 140 Å². The maximum atomic E-state index is 11.6. The summed E-state index contributed by atoms with van der Waals surface area (Å²) >= 11 is 3.30. The third-order valence-electron chi connectivity index (χ3n) is 2.73. The van der Waals surface area contributed by atoms with Crippen molar-refractivity contribution in [3.8, 4) is 5.75 Å². The van der Waals surface area contributed by atoms with E-state index in [1.165, 1.54) is 18.3 Å². The van der Waals surface area contributed by atoms with Crippen LogP contribution in [0.1, 0.15) is 15.9 Å². The highest BCUT2D eigenvalue weighted by molar-refractivity contribution is 9.10. The number of carboxylic acid groups (broad SMARTS) is 1. The molecule has 0 spiro atoms. The molecule has 0 atom stereocenters. The molecule has 0 radical (unpaired) electrons. The highest BCUT2D eigenvalue weighted by Gasteiger charge is 2.01. The molecular weight excluding hydrogens is 364 g/mol. The molecule has 2 aromatic carbocycles. The van der Waals surface area contributed by atoms with Crippen molar-refractivity contribution in [1.29, 1.82) is 0 Å². The van der Waals surface area contributed by atoms with Crippen molar-refractivity contribution < 1.29 is 19.4 Å². The van der Waals surface area contributed by atoms with Crippen molar-refractivity contribution in [1.82, 2.24) is 5.43 Å². The molecule has 6 nitrogen and oxygen atoms in total. The smallest absolute Gasteiger partial charge is 0.277 e. The number of carbonyl (C=O) groups excluding carboxylic acids is 2. The summed E-state index contributed by atoms with van der Waals surface area (Å²) in [4.78, 5) is 22.2. The second-order valence-electron chi connectivity index (χ2n) is 4.45. The zero-order chi connectivity index (χ0) is 16.7. The van der Waals surface area contributed by atoms with Gasteiger partial charge in [-0.3, -0.25) is 4.79 Å². The zero-order valence-corrected chi connectivity index (χ0v) is 13.4. The van der Waals surface area contributed by atoms with E-state index in [2.05, 4.69) is 26.5 Å². The van der Waals surface area contributed by atoms with Gasteiger partial charge < -0.3 is 14.6 Å². The van der Waals surface area contributed by atoms with Crippen LogP contribution in [0.5, 0.6) is 5.75 Å². The molecule has 0 aliphatic carbocycles. The van der Waals surface area contributed by atoms with E-state index in [9.17, 15) is 14.7 Å². The van der Waals surface area contributed by atoms with Gasteiger partial charge in [0.1, 0.15) is 5.75 Å². The van der Waals surface area contributed by atoms with Crippen LogP contribution in [0.4, 0.5) is 0 Å². The molecule has 0 heterocycles. The highest BCUT2D eigenvalue weighted by atomic mass is 79.9. The second-order valence-corrected chi connectivity index (χ2v) is 5.36. The van der Waals surface area contributed by atoms with Crippen LogP contribution in [0.25, 0.3) is 0 Å². The first-order chi connectivity index (χ1) is 11.0. The summed E-state index contributed by atoms with van der Waals surface area (Å²) in [5.74, 6) is -1.08. The fraction of sp³-hybridized carbons (Fsp3) is 0.0625. The summed E-state index contributed by atoms with van der Waals surface area (Å²) in [5.41, 5.74) is 3.04. The molecule has 0 aliphatic rings. The number of halogens is 1. The zero-order valence-electron chi connectivity index (χ0n) is 11.9. The van der Waals surface area contributed by atoms with E-state index >= 15 is 0 Å². The summed E-state index contributed by atoms with van der Waals surface area (Å²) < 4.78 is 6.21. The minimum atomic E-state index is -1.24. The van der Waals surface area contributed by atoms with E-state index in [0.29, 0.717) is 11.3 Å². The maximum Gasteiger partial charge on any atom is 0.277 e. The lowest BCUT2D eigenvalue weighted by Crippen LogP contribution is -2.24. The molecular formula is C16H12BrN2O4-. The van der Waals surface area contributed by atoms with Gasteiger partial charge in [0.25, 0.3) is 5.91 Å². The molecule has 0 aromatic heterocycles. The summed E-state index contributed by atoms with van der Waals surface area (Å²) in [5, 5.41) is 14.4. The second kappa shape index (κ2) is 8.09. The van der Waals surface area contributed by atoms with E-state index in [1.54, 1.807) is 24.3 Å². The third-order valence-corrected chi connectivity index (χ3v) is 3.26. The monoisotopic (exact) mass is 375 g/mol. The normalized spacial score (nSPS) is 10.5. The van der Waals surface area contributed by atoms with Crippen LogP contribution in [0, 0.1) is 0 Å². The SMILES string of the molecule is O=C(COc1ccc(Br)cc1)N/N=C\c1ccc(C(=O)[O-])cc1. The highest BCUT2D eigenvalue weighted by Crippen LogP contribution is 2.15. The molecule has 1 amide bonds. The molecule has 23 heavy (non-hydrogen) atoms. The Balaban J connectivity index is 1.79. The van der Waals surface area contributed by atoms with Gasteiger partial charge in [0, 0.05) is 4.47 Å². The van der Waals surface area contributed by atoms with Gasteiger partial charge in [-0.1, -0.05) is 40.2 Å². The molecule has 7 heteroatoms. The number of carbonyl (C=O) groups is 2. The van der Waals surface area contributed by atoms with Crippen LogP contribution >= 0.6 is 15.9 Å². The predicted molar refractivity (Wildman–Crippen MR) is 86.1 cm³/mol. The standard InChI is InChI=1S/C16H13BrN2O4/c17-13-5-7-14(8-6-13)23-10-15(20)19-18-9-11-1-3-12(4-2-11)16(21)22/h1-9H,10H2,(H,19,20)(H,21,22)/p-1/b18-9-. The van der Waals surface area contributed by atoms with Crippen LogP contribution in [-0.2, 0) is 4.79 Å². The Morgan fingerprint density at radius 2 is 1.78 bits per heavy atom. The van der Waals surface area contributed by atoms with Gasteiger partial charge in [0.2, 0.25) is 0 Å². The topological polar surface area (TPSA) is 90.8 Å². The first-order valence-electron chi connectivity index (χ1n) is 6.56. The summed E-state index contributed by atoms with van der Waals surface area (Å²) in [6, 6.07) is 13.0. The Bertz CT molecular complexity index is 712. The Kier molecular flexibility index (Phi) is 5.87. The number of benzene rings is 2. The van der Waals surface area contributed by atoms with E-state index in [-0.39, 0.29) is 12.2 Å². The van der Waals surface area contributed by atoms with Crippen molar-refractivity contribution >= 4 is 34.0 Å². The van der Waals surface area contributed by atoms with Gasteiger partial charge in [-0.15, -0.1) is 0 Å². The van der Waals surface area contributed by atoms with Crippen LogP contribution < -0.4 is 15.3 Å². The molecule has 2 aromatic rings. The van der Waals surface area contributed by atoms with Crippen molar-refractivity contribution in [3.05, 3.63) is 64.1 Å². The predicted octanol–water partition coefficient (Wildman–Crippen LogP) is 1.34. The number of hydrogen-bond donors (Lipinski definition) is 1. The van der Waals surface area contributed by atoms with Gasteiger partial charge >= 0.3 is 0 Å². The van der Waals surface area contributed by atoms with E-state index in [0.717, 1.165) is 4.47 Å². The van der Waals surface area contributed by atoms with Crippen LogP contribution in [0.15, 0.2) is 58.1 Å². The number of carboxylic acids is 1. The molecule has 0 saturated heterocycles. The number of ether oxygens (including phenoxy) is 1. The summed E-state index contributed by atoms with van der Waals surface area (Å²) in [6.07, 6.45) is 1.40. The Morgan fingerprint density at radius 1 is 1.13 bits per heavy atom. The number of hydrogen-bond acceptors (Lipinski definition) is 5. The van der Waals surface area contributed by atoms with Crippen molar-refractivity contribution in [2.24, 2.45) is 5.10 Å². The quantitative estimate of drug-likeness (QED) is 0.609. The van der Waals surface area contributed by atoms with Gasteiger partial charge in [-0.2, -0.15) is 5.10 Å². The van der Waals surface area contributed by atoms with Crippen molar-refractivity contribution in [2.45, 2.75) is 0 Å². The number of aromatic carboxylic acids is 1. The van der Waals surface area contributed by atoms with Crippen LogP contribution in [-0.4, -0.2) is 24.7 Å². The van der Waals surface area contributed by atoms with Crippen molar-refractivity contribution in [2.75, 3.05) is 6.61 Å². The van der Waals surface area contributed by atoms with E-state index in [1.807, 2.05) is 12.1 Å². The minimum Gasteiger partial charge on any atom is -0.545 e. The molecule has 0 bridgehead atoms. The fourth-order valence-corrected chi connectivity index (χ4v) is 1.86. The molecule has 0 saturated carbocycles. The lowest BCUT2D eigenvalue weighted by Gasteiger charge is -2.05. The molecule has 1 N–H and O–H groups in total. The van der Waals surface area contributed by atoms with E-state index < -0.39 is 11.9 Å². The molecule has 0 aliphatic heterocycles. The number of amides is 1. The van der Waals surface area contributed by atoms with Crippen LogP contribution in [0.3, 0.4) is 0 Å². The first kappa shape index (κ1) is 16.7. The van der Waals surface area contributed by atoms with Crippen LogP contribution in [0.2, 0.25) is 0 Å². The van der Waals surface area contributed by atoms with Gasteiger partial charge in [0.05, 0.1) is 12.2 Å². The maximum absolute atomic E-state index is 11.6. The molecule has 118 valence electrons. The average Bonchev–Trinajstić information content (AvgIpc) is 2.55. The summed E-state index contributed by atoms with van der Waals surface area (Å²) in [7, 11) is 0. The lowest BCUT2D eigenvalue weighted by molar-refractivity contribution is -0.255. The molecule has 2 rings (SSSR count). The van der Waals surface area contributed by atoms with E-state index in [4.69, 9.17) is 4.74 Å². The van der Waals surface area contributed by atoms with Gasteiger partial charge in [-0.25, -0.2) is 5.43 Å². The summed E-state index contributed by atoms with van der Waals surface area (Å²) in [6.45, 7) is -0.164. The Morgan fingerprint density at radius 3 is 2.39 bits per heavy atom. The van der Waals surface area contributed by atoms with Crippen molar-refractivity contribution in [3.63, 3.8) is 0 Å².